The second kappa shape index (κ2) is 10.3. The van der Waals surface area contributed by atoms with E-state index in [1.54, 1.807) is 41.2 Å². The van der Waals surface area contributed by atoms with Crippen LogP contribution in [0.15, 0.2) is 48.9 Å². The number of hydrogen-bond donors (Lipinski definition) is 1. The van der Waals surface area contributed by atoms with E-state index in [0.717, 1.165) is 12.8 Å². The fourth-order valence-electron chi connectivity index (χ4n) is 7.13. The standard InChI is InChI=1S/C30H28F3N5O4/c1-41-28(40)25-15-6-7-16(25)13-37(12-15)30-34-10-17(11-35-30)20-14-38-24(9-21(20)31)36-26-22(39)8-19(27(26)38)18-4-2-3-5-23(18)42-29(32)33/h2-5,9-11,14-16,19,22,25,29,39H,6-8,12-13H2,1H3. The topological polar surface area (TPSA) is 102 Å². The van der Waals surface area contributed by atoms with Crippen LogP contribution in [-0.2, 0) is 9.53 Å². The van der Waals surface area contributed by atoms with Crippen LogP contribution in [0.1, 0.15) is 48.2 Å². The number of methoxy groups -OCH3 is 1. The van der Waals surface area contributed by atoms with E-state index in [9.17, 15) is 18.7 Å². The van der Waals surface area contributed by atoms with Gasteiger partial charge < -0.3 is 23.9 Å². The molecule has 3 aliphatic rings. The summed E-state index contributed by atoms with van der Waals surface area (Å²) in [5.74, 6) is -0.392. The van der Waals surface area contributed by atoms with Gasteiger partial charge in [-0.05, 0) is 37.2 Å². The number of aliphatic hydroxyl groups is 1. The third kappa shape index (κ3) is 4.36. The fraction of sp³-hybridized carbons (Fsp3) is 0.400. The Bertz CT molecular complexity index is 1650. The van der Waals surface area contributed by atoms with Gasteiger partial charge in [0.1, 0.15) is 17.2 Å². The molecule has 4 heterocycles. The number of carbonyl (C=O) groups is 1. The molecule has 7 rings (SSSR count). The van der Waals surface area contributed by atoms with Crippen LogP contribution in [-0.4, -0.2) is 57.2 Å². The molecule has 42 heavy (non-hydrogen) atoms. The minimum absolute atomic E-state index is 0.0166. The van der Waals surface area contributed by atoms with Crippen molar-refractivity contribution in [1.82, 2.24) is 19.4 Å². The Balaban J connectivity index is 1.21. The van der Waals surface area contributed by atoms with E-state index >= 15 is 4.39 Å². The van der Waals surface area contributed by atoms with Crippen LogP contribution in [0.3, 0.4) is 0 Å². The maximum atomic E-state index is 15.4. The van der Waals surface area contributed by atoms with Gasteiger partial charge in [0.2, 0.25) is 5.95 Å². The van der Waals surface area contributed by atoms with E-state index in [2.05, 4.69) is 19.9 Å². The van der Waals surface area contributed by atoms with E-state index in [0.29, 0.717) is 47.2 Å². The molecule has 1 saturated heterocycles. The number of carbonyl (C=O) groups excluding carboxylic acids is 1. The van der Waals surface area contributed by atoms with Gasteiger partial charge in [-0.15, -0.1) is 0 Å². The van der Waals surface area contributed by atoms with Crippen molar-refractivity contribution in [2.45, 2.75) is 37.9 Å². The molecule has 0 radical (unpaired) electrons. The molecule has 2 aliphatic carbocycles. The number of halogens is 3. The molecule has 2 bridgehead atoms. The number of aromatic nitrogens is 4. The Morgan fingerprint density at radius 3 is 2.52 bits per heavy atom. The molecule has 1 aliphatic heterocycles. The summed E-state index contributed by atoms with van der Waals surface area (Å²) in [6.07, 6.45) is 5.90. The molecule has 0 spiro atoms. The minimum Gasteiger partial charge on any atom is -0.469 e. The van der Waals surface area contributed by atoms with Crippen LogP contribution in [0.4, 0.5) is 19.1 Å². The number of nitrogens with zero attached hydrogens (tertiary/aromatic N) is 5. The van der Waals surface area contributed by atoms with Crippen LogP contribution in [0.25, 0.3) is 16.8 Å². The number of piperidine rings is 1. The van der Waals surface area contributed by atoms with E-state index in [1.807, 2.05) is 0 Å². The monoisotopic (exact) mass is 579 g/mol. The zero-order valence-electron chi connectivity index (χ0n) is 22.7. The lowest BCUT2D eigenvalue weighted by Gasteiger charge is -2.36. The van der Waals surface area contributed by atoms with Crippen molar-refractivity contribution in [2.75, 3.05) is 25.1 Å². The molecule has 3 aromatic heterocycles. The highest BCUT2D eigenvalue weighted by atomic mass is 19.3. The van der Waals surface area contributed by atoms with Crippen LogP contribution in [0.2, 0.25) is 0 Å². The number of rotatable bonds is 6. The molecule has 1 saturated carbocycles. The quantitative estimate of drug-likeness (QED) is 0.327. The Morgan fingerprint density at radius 1 is 1.12 bits per heavy atom. The first-order valence-electron chi connectivity index (χ1n) is 13.9. The molecule has 4 aromatic rings. The number of anilines is 1. The van der Waals surface area contributed by atoms with Crippen molar-refractivity contribution in [3.05, 3.63) is 71.7 Å². The van der Waals surface area contributed by atoms with Crippen molar-refractivity contribution < 1.29 is 32.5 Å². The highest BCUT2D eigenvalue weighted by Crippen LogP contribution is 2.47. The van der Waals surface area contributed by atoms with Crippen molar-refractivity contribution in [1.29, 1.82) is 0 Å². The maximum Gasteiger partial charge on any atom is 0.387 e. The second-order valence-electron chi connectivity index (χ2n) is 11.2. The van der Waals surface area contributed by atoms with Crippen molar-refractivity contribution in [2.24, 2.45) is 17.8 Å². The van der Waals surface area contributed by atoms with Gasteiger partial charge in [-0.2, -0.15) is 8.78 Å². The normalized spacial score (nSPS) is 24.8. The number of fused-ring (bicyclic) bond motifs is 5. The number of aliphatic hydroxyl groups excluding tert-OH is 1. The molecule has 218 valence electrons. The fourth-order valence-corrected chi connectivity index (χ4v) is 7.13. The number of esters is 1. The van der Waals surface area contributed by atoms with Crippen LogP contribution >= 0.6 is 0 Å². The largest absolute Gasteiger partial charge is 0.469 e. The Labute approximate surface area is 238 Å². The van der Waals surface area contributed by atoms with Crippen molar-refractivity contribution in [3.8, 4) is 16.9 Å². The number of pyridine rings is 1. The SMILES string of the molecule is COC(=O)C1C2CCC1CN(c1ncc(-c3cn4c5c(nc4cc3F)C(O)CC5c3ccccc3OC(F)F)cn1)C2. The summed E-state index contributed by atoms with van der Waals surface area (Å²) in [5.41, 5.74) is 2.42. The number of benzene rings is 1. The van der Waals surface area contributed by atoms with Gasteiger partial charge in [0.05, 0.1) is 30.5 Å². The van der Waals surface area contributed by atoms with Gasteiger partial charge >= 0.3 is 12.6 Å². The molecule has 4 atom stereocenters. The van der Waals surface area contributed by atoms with Crippen LogP contribution in [0, 0.1) is 23.6 Å². The summed E-state index contributed by atoms with van der Waals surface area (Å²) in [6, 6.07) is 7.74. The second-order valence-corrected chi connectivity index (χ2v) is 11.2. The summed E-state index contributed by atoms with van der Waals surface area (Å²) in [4.78, 5) is 27.9. The number of ether oxygens (including phenoxy) is 2. The molecule has 12 heteroatoms. The summed E-state index contributed by atoms with van der Waals surface area (Å²) in [7, 11) is 1.42. The predicted molar refractivity (Wildman–Crippen MR) is 145 cm³/mol. The summed E-state index contributed by atoms with van der Waals surface area (Å²) < 4.78 is 53.1. The Morgan fingerprint density at radius 2 is 1.83 bits per heavy atom. The maximum absolute atomic E-state index is 15.4. The first kappa shape index (κ1) is 26.7. The third-order valence-electron chi connectivity index (χ3n) is 8.93. The third-order valence-corrected chi connectivity index (χ3v) is 8.93. The van der Waals surface area contributed by atoms with Gasteiger partial charge in [0.15, 0.2) is 0 Å². The molecule has 2 fully saturated rings. The average Bonchev–Trinajstić information content (AvgIpc) is 3.60. The van der Waals surface area contributed by atoms with Gasteiger partial charge in [-0.3, -0.25) is 4.79 Å². The van der Waals surface area contributed by atoms with Gasteiger partial charge in [0.25, 0.3) is 0 Å². The molecular weight excluding hydrogens is 551 g/mol. The van der Waals surface area contributed by atoms with Gasteiger partial charge in [-0.25, -0.2) is 19.3 Å². The lowest BCUT2D eigenvalue weighted by Crippen LogP contribution is -2.45. The lowest BCUT2D eigenvalue weighted by molar-refractivity contribution is -0.148. The van der Waals surface area contributed by atoms with E-state index in [4.69, 9.17) is 9.47 Å². The zero-order valence-corrected chi connectivity index (χ0v) is 22.7. The van der Waals surface area contributed by atoms with Crippen LogP contribution < -0.4 is 9.64 Å². The molecular formula is C30H28F3N5O4. The highest BCUT2D eigenvalue weighted by Gasteiger charge is 2.47. The number of hydrogen-bond acceptors (Lipinski definition) is 8. The number of alkyl halides is 2. The number of para-hydroxylation sites is 1. The Kier molecular flexibility index (Phi) is 6.52. The van der Waals surface area contributed by atoms with E-state index in [1.165, 1.54) is 19.2 Å². The smallest absolute Gasteiger partial charge is 0.387 e. The molecule has 1 N–H and O–H groups in total. The van der Waals surface area contributed by atoms with Crippen LogP contribution in [0.5, 0.6) is 5.75 Å². The summed E-state index contributed by atoms with van der Waals surface area (Å²) >= 11 is 0. The minimum atomic E-state index is -3.00. The molecule has 9 nitrogen and oxygen atoms in total. The van der Waals surface area contributed by atoms with Crippen molar-refractivity contribution in [3.63, 3.8) is 0 Å². The summed E-state index contributed by atoms with van der Waals surface area (Å²) in [6.45, 7) is -1.70. The number of imidazole rings is 1. The zero-order chi connectivity index (χ0) is 29.1. The molecule has 1 aromatic carbocycles. The summed E-state index contributed by atoms with van der Waals surface area (Å²) in [5, 5.41) is 10.8. The molecule has 0 amide bonds. The van der Waals surface area contributed by atoms with E-state index in [-0.39, 0.29) is 41.5 Å². The first-order valence-corrected chi connectivity index (χ1v) is 13.9. The lowest BCUT2D eigenvalue weighted by atomic mass is 9.85. The predicted octanol–water partition coefficient (Wildman–Crippen LogP) is 4.74. The Hall–Kier alpha value is -4.19. The molecule has 4 unspecified atom stereocenters. The highest BCUT2D eigenvalue weighted by molar-refractivity contribution is 5.74. The van der Waals surface area contributed by atoms with Gasteiger partial charge in [-0.1, -0.05) is 18.2 Å². The van der Waals surface area contributed by atoms with Crippen molar-refractivity contribution >= 4 is 17.6 Å². The first-order chi connectivity index (χ1) is 20.3. The van der Waals surface area contributed by atoms with Gasteiger partial charge in [0, 0.05) is 60.4 Å². The van der Waals surface area contributed by atoms with E-state index < -0.39 is 24.5 Å². The average molecular weight is 580 g/mol.